The molecule has 0 spiro atoms. The number of carbonyl (C=O) groups excluding carboxylic acids is 2. The fourth-order valence-corrected chi connectivity index (χ4v) is 2.91. The van der Waals surface area contributed by atoms with Crippen molar-refractivity contribution >= 4 is 37.6 Å². The summed E-state index contributed by atoms with van der Waals surface area (Å²) in [4.78, 5) is 23.0. The molecule has 6 nitrogen and oxygen atoms in total. The van der Waals surface area contributed by atoms with E-state index in [-0.39, 0.29) is 11.5 Å². The zero-order valence-electron chi connectivity index (χ0n) is 12.9. The molecular weight excluding hydrogens is 296 g/mol. The van der Waals surface area contributed by atoms with E-state index >= 15 is 0 Å². The normalized spacial score (nSPS) is 13.3. The van der Waals surface area contributed by atoms with Crippen LogP contribution in [0, 0.1) is 0 Å². The maximum Gasteiger partial charge on any atom is 0.408 e. The van der Waals surface area contributed by atoms with E-state index < -0.39 is 32.0 Å². The van der Waals surface area contributed by atoms with Crippen LogP contribution in [0.4, 0.5) is 4.79 Å². The van der Waals surface area contributed by atoms with E-state index in [0.717, 1.165) is 0 Å². The zero-order valence-corrected chi connectivity index (χ0v) is 14.7. The average Bonchev–Trinajstić information content (AvgIpc) is 2.09. The maximum atomic E-state index is 11.6. The van der Waals surface area contributed by atoms with Crippen LogP contribution in [0.1, 0.15) is 27.2 Å². The van der Waals surface area contributed by atoms with Crippen LogP contribution >= 0.6 is 12.2 Å². The lowest BCUT2D eigenvalue weighted by Gasteiger charge is -2.24. The van der Waals surface area contributed by atoms with Crippen LogP contribution in [0.15, 0.2) is 0 Å². The number of primary amides is 1. The van der Waals surface area contributed by atoms with Crippen molar-refractivity contribution in [3.05, 3.63) is 0 Å². The molecule has 116 valence electrons. The highest BCUT2D eigenvalue weighted by molar-refractivity contribution is 7.80. The van der Waals surface area contributed by atoms with Gasteiger partial charge in [0.25, 0.3) is 0 Å². The smallest absolute Gasteiger partial charge is 0.408 e. The molecule has 0 heterocycles. The molecule has 3 N–H and O–H groups in total. The third-order valence-electron chi connectivity index (χ3n) is 1.83. The van der Waals surface area contributed by atoms with Crippen LogP contribution in [0.5, 0.6) is 0 Å². The minimum absolute atomic E-state index is 0.0637. The van der Waals surface area contributed by atoms with Crippen LogP contribution in [0.25, 0.3) is 0 Å². The first-order valence-electron chi connectivity index (χ1n) is 6.31. The van der Waals surface area contributed by atoms with Gasteiger partial charge in [-0.2, -0.15) is 0 Å². The molecule has 0 aliphatic carbocycles. The molecule has 20 heavy (non-hydrogen) atoms. The number of nitrogens with one attached hydrogen (secondary N) is 1. The van der Waals surface area contributed by atoms with E-state index in [9.17, 15) is 9.59 Å². The minimum Gasteiger partial charge on any atom is -0.540 e. The van der Waals surface area contributed by atoms with Gasteiger partial charge >= 0.3 is 6.09 Å². The summed E-state index contributed by atoms with van der Waals surface area (Å²) < 4.78 is 10.6. The van der Waals surface area contributed by atoms with E-state index in [4.69, 9.17) is 27.1 Å². The van der Waals surface area contributed by atoms with Gasteiger partial charge in [0, 0.05) is 6.42 Å². The predicted molar refractivity (Wildman–Crippen MR) is 84.0 cm³/mol. The highest BCUT2D eigenvalue weighted by atomic mass is 32.1. The Morgan fingerprint density at radius 1 is 1.30 bits per heavy atom. The standard InChI is InChI=1S/C12H24N2O4SSi/c1-12(2,3)17-11(16)14-8(10(13)15)7-9(19)18-20(4,5)6/h8H,7H2,1-6H3,(H2,13,15)(H,14,16). The van der Waals surface area contributed by atoms with E-state index in [1.807, 2.05) is 19.6 Å². The fourth-order valence-electron chi connectivity index (χ4n) is 1.22. The second-order valence-corrected chi connectivity index (χ2v) is 11.3. The van der Waals surface area contributed by atoms with Gasteiger partial charge in [-0.3, -0.25) is 4.79 Å². The van der Waals surface area contributed by atoms with E-state index in [2.05, 4.69) is 5.32 Å². The van der Waals surface area contributed by atoms with Crippen molar-refractivity contribution in [1.82, 2.24) is 5.32 Å². The number of thiocarbonyl (C=S) groups is 1. The lowest BCUT2D eigenvalue weighted by Crippen LogP contribution is -2.48. The first kappa shape index (κ1) is 18.8. The van der Waals surface area contributed by atoms with E-state index in [1.165, 1.54) is 0 Å². The van der Waals surface area contributed by atoms with Gasteiger partial charge < -0.3 is 20.2 Å². The number of alkyl carbamates (subject to hydrolysis) is 1. The number of hydrogen-bond donors (Lipinski definition) is 2. The van der Waals surface area contributed by atoms with Gasteiger partial charge in [0.2, 0.25) is 14.2 Å². The van der Waals surface area contributed by atoms with Gasteiger partial charge in [-0.1, -0.05) is 0 Å². The van der Waals surface area contributed by atoms with Crippen LogP contribution in [-0.4, -0.2) is 37.0 Å². The first-order chi connectivity index (χ1) is 8.80. The molecular formula is C12H24N2O4SSi. The first-order valence-corrected chi connectivity index (χ1v) is 10.1. The van der Waals surface area contributed by atoms with Crippen molar-refractivity contribution in [3.8, 4) is 0 Å². The highest BCUT2D eigenvalue weighted by Gasteiger charge is 2.26. The van der Waals surface area contributed by atoms with Crippen molar-refractivity contribution in [1.29, 1.82) is 0 Å². The number of rotatable bonds is 5. The Hall–Kier alpha value is -1.15. The molecule has 0 fully saturated rings. The summed E-state index contributed by atoms with van der Waals surface area (Å²) in [6.07, 6.45) is -0.647. The number of ether oxygens (including phenoxy) is 1. The molecule has 8 heteroatoms. The van der Waals surface area contributed by atoms with Crippen LogP contribution in [0.3, 0.4) is 0 Å². The molecule has 0 aliphatic heterocycles. The Balaban J connectivity index is 4.56. The summed E-state index contributed by atoms with van der Waals surface area (Å²) >= 11 is 5.07. The molecule has 0 rings (SSSR count). The molecule has 0 aromatic rings. The maximum absolute atomic E-state index is 11.6. The lowest BCUT2D eigenvalue weighted by atomic mass is 10.2. The van der Waals surface area contributed by atoms with Gasteiger partial charge in [0.05, 0.1) is 0 Å². The van der Waals surface area contributed by atoms with Gasteiger partial charge in [-0.05, 0) is 52.6 Å². The molecule has 0 aromatic carbocycles. The second-order valence-electron chi connectivity index (χ2n) is 6.39. The largest absolute Gasteiger partial charge is 0.540 e. The van der Waals surface area contributed by atoms with Gasteiger partial charge in [-0.15, -0.1) is 0 Å². The van der Waals surface area contributed by atoms with E-state index in [1.54, 1.807) is 20.8 Å². The Labute approximate surface area is 126 Å². The predicted octanol–water partition coefficient (Wildman–Crippen LogP) is 1.93. The summed E-state index contributed by atoms with van der Waals surface area (Å²) in [6.45, 7) is 11.1. The van der Waals surface area contributed by atoms with Crippen molar-refractivity contribution < 1.29 is 18.8 Å². The second kappa shape index (κ2) is 7.03. The molecule has 0 aromatic heterocycles. The monoisotopic (exact) mass is 320 g/mol. The molecule has 0 radical (unpaired) electrons. The Morgan fingerprint density at radius 2 is 1.80 bits per heavy atom. The molecule has 0 saturated carbocycles. The SMILES string of the molecule is CC(C)(C)OC(=O)NC(CC(=S)O[Si](C)(C)C)C(N)=O. The van der Waals surface area contributed by atoms with Crippen LogP contribution < -0.4 is 11.1 Å². The third-order valence-corrected chi connectivity index (χ3v) is 3.08. The van der Waals surface area contributed by atoms with E-state index in [0.29, 0.717) is 0 Å². The van der Waals surface area contributed by atoms with Gasteiger partial charge in [-0.25, -0.2) is 4.79 Å². The highest BCUT2D eigenvalue weighted by Crippen LogP contribution is 2.10. The van der Waals surface area contributed by atoms with Crippen molar-refractivity contribution in [3.63, 3.8) is 0 Å². The molecule has 0 saturated heterocycles. The number of hydrogen-bond acceptors (Lipinski definition) is 5. The van der Waals surface area contributed by atoms with Gasteiger partial charge in [0.15, 0.2) is 0 Å². The van der Waals surface area contributed by atoms with Crippen molar-refractivity contribution in [2.75, 3.05) is 0 Å². The minimum atomic E-state index is -1.84. The number of amides is 2. The van der Waals surface area contributed by atoms with Crippen molar-refractivity contribution in [2.45, 2.75) is 58.5 Å². The van der Waals surface area contributed by atoms with Crippen LogP contribution in [-0.2, 0) is 14.0 Å². The van der Waals surface area contributed by atoms with Crippen LogP contribution in [0.2, 0.25) is 19.6 Å². The van der Waals surface area contributed by atoms with Crippen molar-refractivity contribution in [2.24, 2.45) is 5.73 Å². The number of nitrogens with two attached hydrogens (primary N) is 1. The van der Waals surface area contributed by atoms with Gasteiger partial charge in [0.1, 0.15) is 16.7 Å². The third kappa shape index (κ3) is 9.73. The summed E-state index contributed by atoms with van der Waals surface area (Å²) in [7, 11) is -1.84. The molecule has 2 amide bonds. The summed E-state index contributed by atoms with van der Waals surface area (Å²) in [5, 5.41) is 2.67. The average molecular weight is 320 g/mol. The Kier molecular flexibility index (Phi) is 6.62. The molecule has 1 atom stereocenters. The molecule has 0 bridgehead atoms. The Bertz CT molecular complexity index is 358. The zero-order chi connectivity index (χ0) is 16.1. The fraction of sp³-hybridized carbons (Fsp3) is 0.750. The lowest BCUT2D eigenvalue weighted by molar-refractivity contribution is -0.119. The molecule has 0 aliphatic rings. The quantitative estimate of drug-likeness (QED) is 0.597. The summed E-state index contributed by atoms with van der Waals surface area (Å²) in [5.74, 6) is -0.683. The topological polar surface area (TPSA) is 90.7 Å². The number of carbonyl (C=O) groups is 2. The summed E-state index contributed by atoms with van der Waals surface area (Å²) in [6, 6.07) is -0.936. The molecule has 1 unspecified atom stereocenters. The summed E-state index contributed by atoms with van der Waals surface area (Å²) in [5.41, 5.74) is 4.60. The Morgan fingerprint density at radius 3 is 2.15 bits per heavy atom.